The van der Waals surface area contributed by atoms with Crippen LogP contribution in [0.2, 0.25) is 0 Å². The number of hydrogen-bond donors (Lipinski definition) is 0. The highest BCUT2D eigenvalue weighted by molar-refractivity contribution is 5.90. The Morgan fingerprint density at radius 1 is 1.39 bits per heavy atom. The molecule has 0 bridgehead atoms. The topological polar surface area (TPSA) is 49.9 Å². The summed E-state index contributed by atoms with van der Waals surface area (Å²) in [6.45, 7) is 5.64. The van der Waals surface area contributed by atoms with Gasteiger partial charge in [-0.2, -0.15) is 0 Å². The van der Waals surface area contributed by atoms with E-state index in [1.807, 2.05) is 43.0 Å². The zero-order valence-electron chi connectivity index (χ0n) is 14.4. The summed E-state index contributed by atoms with van der Waals surface area (Å²) in [6.07, 6.45) is 0.281. The highest BCUT2D eigenvalue weighted by atomic mass is 16.5. The molecule has 0 N–H and O–H groups in total. The van der Waals surface area contributed by atoms with Crippen molar-refractivity contribution in [1.29, 1.82) is 0 Å². The van der Waals surface area contributed by atoms with Crippen molar-refractivity contribution in [3.63, 3.8) is 0 Å². The van der Waals surface area contributed by atoms with Gasteiger partial charge < -0.3 is 14.5 Å². The molecule has 5 heteroatoms. The van der Waals surface area contributed by atoms with Gasteiger partial charge >= 0.3 is 0 Å². The highest BCUT2D eigenvalue weighted by Gasteiger charge is 2.45. The Morgan fingerprint density at radius 3 is 2.70 bits per heavy atom. The van der Waals surface area contributed by atoms with Crippen LogP contribution < -0.4 is 0 Å². The minimum absolute atomic E-state index is 0.0135. The summed E-state index contributed by atoms with van der Waals surface area (Å²) in [6, 6.07) is 7.83. The van der Waals surface area contributed by atoms with Gasteiger partial charge in [-0.05, 0) is 25.0 Å². The van der Waals surface area contributed by atoms with Crippen LogP contribution in [-0.2, 0) is 14.3 Å². The lowest BCUT2D eigenvalue weighted by molar-refractivity contribution is -0.135. The number of carbonyl (C=O) groups excluding carboxylic acids is 2. The quantitative estimate of drug-likeness (QED) is 0.806. The first-order valence-corrected chi connectivity index (χ1v) is 8.10. The molecule has 1 aliphatic rings. The number of benzene rings is 1. The summed E-state index contributed by atoms with van der Waals surface area (Å²) < 4.78 is 5.05. The zero-order chi connectivity index (χ0) is 17.0. The third-order valence-electron chi connectivity index (χ3n) is 4.60. The third kappa shape index (κ3) is 3.55. The maximum absolute atomic E-state index is 12.8. The summed E-state index contributed by atoms with van der Waals surface area (Å²) in [5, 5.41) is 0. The summed E-state index contributed by atoms with van der Waals surface area (Å²) in [4.78, 5) is 28.7. The SMILES string of the molecule is CCN1C(=O)C[C@@H](C(=O)N(C)CCOC)[C@@H]1c1ccccc1C. The Morgan fingerprint density at radius 2 is 2.09 bits per heavy atom. The van der Waals surface area contributed by atoms with Gasteiger partial charge in [-0.15, -0.1) is 0 Å². The molecule has 1 aromatic rings. The van der Waals surface area contributed by atoms with Crippen molar-refractivity contribution in [3.05, 3.63) is 35.4 Å². The maximum Gasteiger partial charge on any atom is 0.228 e. The number of methoxy groups -OCH3 is 1. The van der Waals surface area contributed by atoms with Crippen molar-refractivity contribution >= 4 is 11.8 Å². The number of amides is 2. The zero-order valence-corrected chi connectivity index (χ0v) is 14.4. The standard InChI is InChI=1S/C18H26N2O3/c1-5-20-16(21)12-15(18(22)19(3)10-11-23-4)17(20)14-9-7-6-8-13(14)2/h6-9,15,17H,5,10-12H2,1-4H3/t15-,17+/m1/s1. The van der Waals surface area contributed by atoms with Crippen molar-refractivity contribution in [2.45, 2.75) is 26.3 Å². The number of nitrogens with zero attached hydrogens (tertiary/aromatic N) is 2. The van der Waals surface area contributed by atoms with Crippen molar-refractivity contribution < 1.29 is 14.3 Å². The van der Waals surface area contributed by atoms with Crippen molar-refractivity contribution in [3.8, 4) is 0 Å². The molecule has 1 heterocycles. The predicted octanol–water partition coefficient (Wildman–Crippen LogP) is 2.01. The Labute approximate surface area is 138 Å². The predicted molar refractivity (Wildman–Crippen MR) is 88.9 cm³/mol. The van der Waals surface area contributed by atoms with Gasteiger partial charge in [0.25, 0.3) is 0 Å². The molecule has 2 rings (SSSR count). The van der Waals surface area contributed by atoms with Gasteiger partial charge in [-0.3, -0.25) is 9.59 Å². The molecule has 0 radical (unpaired) electrons. The molecule has 1 aromatic carbocycles. The minimum Gasteiger partial charge on any atom is -0.383 e. The highest BCUT2D eigenvalue weighted by Crippen LogP contribution is 2.40. The Balaban J connectivity index is 2.32. The second-order valence-corrected chi connectivity index (χ2v) is 6.04. The van der Waals surface area contributed by atoms with Crippen LogP contribution in [0.4, 0.5) is 0 Å². The largest absolute Gasteiger partial charge is 0.383 e. The summed E-state index contributed by atoms with van der Waals surface area (Å²) in [7, 11) is 3.39. The number of ether oxygens (including phenoxy) is 1. The van der Waals surface area contributed by atoms with E-state index in [0.29, 0.717) is 19.7 Å². The molecule has 0 unspecified atom stereocenters. The van der Waals surface area contributed by atoms with Crippen LogP contribution in [0.5, 0.6) is 0 Å². The molecule has 23 heavy (non-hydrogen) atoms. The monoisotopic (exact) mass is 318 g/mol. The fourth-order valence-electron chi connectivity index (χ4n) is 3.31. The van der Waals surface area contributed by atoms with Gasteiger partial charge in [0, 0.05) is 33.7 Å². The lowest BCUT2D eigenvalue weighted by atomic mass is 9.90. The first-order valence-electron chi connectivity index (χ1n) is 8.10. The van der Waals surface area contributed by atoms with Crippen molar-refractivity contribution in [2.75, 3.05) is 33.9 Å². The fraction of sp³-hybridized carbons (Fsp3) is 0.556. The van der Waals surface area contributed by atoms with Gasteiger partial charge in [0.05, 0.1) is 18.6 Å². The van der Waals surface area contributed by atoms with Crippen LogP contribution in [-0.4, -0.2) is 55.5 Å². The van der Waals surface area contributed by atoms with E-state index in [1.54, 1.807) is 19.1 Å². The molecule has 0 aromatic heterocycles. The second-order valence-electron chi connectivity index (χ2n) is 6.04. The lowest BCUT2D eigenvalue weighted by Gasteiger charge is -2.30. The molecule has 0 spiro atoms. The Hall–Kier alpha value is -1.88. The molecule has 1 aliphatic heterocycles. The Kier molecular flexibility index (Phi) is 5.77. The van der Waals surface area contributed by atoms with E-state index in [9.17, 15) is 9.59 Å². The number of likely N-dealkylation sites (N-methyl/N-ethyl adjacent to an activating group) is 1. The molecule has 1 fully saturated rings. The molecule has 1 saturated heterocycles. The van der Waals surface area contributed by atoms with Crippen LogP contribution in [0.15, 0.2) is 24.3 Å². The van der Waals surface area contributed by atoms with E-state index < -0.39 is 0 Å². The van der Waals surface area contributed by atoms with Crippen LogP contribution in [0, 0.1) is 12.8 Å². The van der Waals surface area contributed by atoms with Crippen molar-refractivity contribution in [1.82, 2.24) is 9.80 Å². The fourth-order valence-corrected chi connectivity index (χ4v) is 3.31. The molecule has 5 nitrogen and oxygen atoms in total. The van der Waals surface area contributed by atoms with E-state index in [1.165, 1.54) is 0 Å². The number of carbonyl (C=O) groups is 2. The molecule has 126 valence electrons. The van der Waals surface area contributed by atoms with Gasteiger partial charge in [-0.1, -0.05) is 24.3 Å². The summed E-state index contributed by atoms with van der Waals surface area (Å²) in [5.41, 5.74) is 2.18. The van der Waals surface area contributed by atoms with Crippen molar-refractivity contribution in [2.24, 2.45) is 5.92 Å². The third-order valence-corrected chi connectivity index (χ3v) is 4.60. The molecule has 2 atom stereocenters. The van der Waals surface area contributed by atoms with E-state index in [4.69, 9.17) is 4.74 Å². The summed E-state index contributed by atoms with van der Waals surface area (Å²) >= 11 is 0. The van der Waals surface area contributed by atoms with Crippen LogP contribution in [0.1, 0.15) is 30.5 Å². The summed E-state index contributed by atoms with van der Waals surface area (Å²) in [5.74, 6) is -0.260. The molecule has 0 saturated carbocycles. The van der Waals surface area contributed by atoms with Gasteiger partial charge in [0.2, 0.25) is 11.8 Å². The average Bonchev–Trinajstić information content (AvgIpc) is 2.88. The first-order chi connectivity index (χ1) is 11.0. The van der Waals surface area contributed by atoms with Crippen LogP contribution >= 0.6 is 0 Å². The van der Waals surface area contributed by atoms with Crippen LogP contribution in [0.25, 0.3) is 0 Å². The molecule has 0 aliphatic carbocycles. The minimum atomic E-state index is -0.328. The van der Waals surface area contributed by atoms with Gasteiger partial charge in [-0.25, -0.2) is 0 Å². The first kappa shape index (κ1) is 17.5. The average molecular weight is 318 g/mol. The molecular formula is C18H26N2O3. The van der Waals surface area contributed by atoms with E-state index in [0.717, 1.165) is 11.1 Å². The van der Waals surface area contributed by atoms with E-state index in [2.05, 4.69) is 0 Å². The van der Waals surface area contributed by atoms with Gasteiger partial charge in [0.15, 0.2) is 0 Å². The Bertz CT molecular complexity index is 573. The van der Waals surface area contributed by atoms with E-state index >= 15 is 0 Å². The van der Waals surface area contributed by atoms with Crippen LogP contribution in [0.3, 0.4) is 0 Å². The number of hydrogen-bond acceptors (Lipinski definition) is 3. The number of aryl methyl sites for hydroxylation is 1. The normalized spacial score (nSPS) is 20.9. The van der Waals surface area contributed by atoms with Gasteiger partial charge in [0.1, 0.15) is 0 Å². The lowest BCUT2D eigenvalue weighted by Crippen LogP contribution is -2.38. The number of rotatable bonds is 6. The van der Waals surface area contributed by atoms with E-state index in [-0.39, 0.29) is 30.2 Å². The second kappa shape index (κ2) is 7.59. The number of likely N-dealkylation sites (tertiary alicyclic amines) is 1. The smallest absolute Gasteiger partial charge is 0.228 e. The molecular weight excluding hydrogens is 292 g/mol. The molecule has 2 amide bonds. The maximum atomic E-state index is 12.8.